The Kier molecular flexibility index (Phi) is 8.13. The number of rotatable bonds is 7. The fourth-order valence-electron chi connectivity index (χ4n) is 1.49. The van der Waals surface area contributed by atoms with E-state index >= 15 is 0 Å². The van der Waals surface area contributed by atoms with Gasteiger partial charge in [-0.2, -0.15) is 0 Å². The third kappa shape index (κ3) is 6.93. The van der Waals surface area contributed by atoms with Crippen molar-refractivity contribution in [2.75, 3.05) is 19.8 Å². The van der Waals surface area contributed by atoms with Crippen LogP contribution in [0, 0.1) is 11.8 Å². The minimum absolute atomic E-state index is 0.0806. The van der Waals surface area contributed by atoms with Gasteiger partial charge in [0.1, 0.15) is 6.61 Å². The van der Waals surface area contributed by atoms with Gasteiger partial charge in [-0.05, 0) is 24.1 Å². The van der Waals surface area contributed by atoms with Crippen molar-refractivity contribution in [1.82, 2.24) is 5.32 Å². The third-order valence-electron chi connectivity index (χ3n) is 2.49. The Balaban J connectivity index is 2.35. The molecule has 0 spiro atoms. The maximum absolute atomic E-state index is 11.5. The molecule has 0 fully saturated rings. The van der Waals surface area contributed by atoms with Gasteiger partial charge in [-0.15, -0.1) is 0 Å². The third-order valence-corrected chi connectivity index (χ3v) is 2.49. The Morgan fingerprint density at radius 3 is 2.75 bits per heavy atom. The highest BCUT2D eigenvalue weighted by atomic mass is 16.5. The zero-order chi connectivity index (χ0) is 14.6. The molecule has 0 radical (unpaired) electrons. The molecule has 1 amide bonds. The first kappa shape index (κ1) is 16.2. The van der Waals surface area contributed by atoms with E-state index in [-0.39, 0.29) is 19.1 Å². The van der Waals surface area contributed by atoms with E-state index in [1.54, 1.807) is 0 Å². The van der Waals surface area contributed by atoms with Crippen molar-refractivity contribution in [3.63, 3.8) is 0 Å². The summed E-state index contributed by atoms with van der Waals surface area (Å²) in [4.78, 5) is 11.5. The Labute approximate surface area is 120 Å². The number of carbonyl (C=O) groups is 1. The topological polar surface area (TPSA) is 58.6 Å². The van der Waals surface area contributed by atoms with Crippen LogP contribution in [0.1, 0.15) is 30.9 Å². The molecule has 4 heteroatoms. The number of benzene rings is 1. The van der Waals surface area contributed by atoms with Crippen LogP contribution < -0.4 is 5.32 Å². The van der Waals surface area contributed by atoms with Gasteiger partial charge < -0.3 is 15.2 Å². The number of ether oxygens (including phenoxy) is 1. The smallest absolute Gasteiger partial charge is 0.246 e. The van der Waals surface area contributed by atoms with E-state index in [0.29, 0.717) is 19.6 Å². The predicted molar refractivity (Wildman–Crippen MR) is 78.0 cm³/mol. The Morgan fingerprint density at radius 2 is 2.10 bits per heavy atom. The van der Waals surface area contributed by atoms with Crippen LogP contribution in [0.5, 0.6) is 0 Å². The summed E-state index contributed by atoms with van der Waals surface area (Å²) < 4.78 is 5.16. The van der Waals surface area contributed by atoms with Crippen LogP contribution >= 0.6 is 0 Å². The van der Waals surface area contributed by atoms with Crippen LogP contribution in [0.3, 0.4) is 0 Å². The average Bonchev–Trinajstić information content (AvgIpc) is 2.47. The minimum atomic E-state index is -0.106. The van der Waals surface area contributed by atoms with E-state index in [1.165, 1.54) is 0 Å². The van der Waals surface area contributed by atoms with Crippen LogP contribution in [0.25, 0.3) is 0 Å². The molecule has 0 saturated heterocycles. The molecule has 1 aromatic rings. The van der Waals surface area contributed by atoms with Crippen molar-refractivity contribution in [1.29, 1.82) is 0 Å². The molecule has 0 atom stereocenters. The minimum Gasteiger partial charge on any atom is -0.395 e. The van der Waals surface area contributed by atoms with Crippen LogP contribution in [-0.4, -0.2) is 30.8 Å². The molecule has 0 unspecified atom stereocenters. The van der Waals surface area contributed by atoms with Crippen LogP contribution in [0.15, 0.2) is 24.3 Å². The molecule has 0 aromatic heterocycles. The zero-order valence-electron chi connectivity index (χ0n) is 11.8. The van der Waals surface area contributed by atoms with Gasteiger partial charge in [0.2, 0.25) is 5.91 Å². The molecule has 0 bridgehead atoms. The first-order valence-electron chi connectivity index (χ1n) is 6.79. The molecule has 0 aliphatic rings. The van der Waals surface area contributed by atoms with E-state index in [1.807, 2.05) is 31.2 Å². The summed E-state index contributed by atoms with van der Waals surface area (Å²) in [6.45, 7) is 3.28. The van der Waals surface area contributed by atoms with Gasteiger partial charge in [0.25, 0.3) is 0 Å². The van der Waals surface area contributed by atoms with Crippen molar-refractivity contribution in [3.8, 4) is 11.8 Å². The van der Waals surface area contributed by atoms with Crippen LogP contribution in [0.4, 0.5) is 0 Å². The molecule has 2 N–H and O–H groups in total. The lowest BCUT2D eigenvalue weighted by atomic mass is 10.1. The lowest BCUT2D eigenvalue weighted by molar-refractivity contribution is -0.125. The summed E-state index contributed by atoms with van der Waals surface area (Å²) in [5.74, 6) is 5.71. The second kappa shape index (κ2) is 10.0. The standard InChI is InChI=1S/C16H21NO3/c1-2-11-20-13-16(19)17-12-15-8-6-14(7-9-15)5-3-4-10-18/h6-9,18H,2,4,10-13H2,1H3,(H,17,19). The van der Waals surface area contributed by atoms with E-state index in [0.717, 1.165) is 17.5 Å². The average molecular weight is 275 g/mol. The molecule has 0 heterocycles. The highest BCUT2D eigenvalue weighted by molar-refractivity contribution is 5.77. The maximum atomic E-state index is 11.5. The van der Waals surface area contributed by atoms with E-state index < -0.39 is 0 Å². The second-order valence-corrected chi connectivity index (χ2v) is 4.30. The normalized spacial score (nSPS) is 9.70. The lowest BCUT2D eigenvalue weighted by Gasteiger charge is -2.06. The SMILES string of the molecule is CCCOCC(=O)NCc1ccc(C#CCCO)cc1. The number of carbonyl (C=O) groups excluding carboxylic acids is 1. The highest BCUT2D eigenvalue weighted by Gasteiger charge is 2.00. The van der Waals surface area contributed by atoms with Crippen molar-refractivity contribution in [2.45, 2.75) is 26.3 Å². The maximum Gasteiger partial charge on any atom is 0.246 e. The van der Waals surface area contributed by atoms with E-state index in [9.17, 15) is 4.79 Å². The van der Waals surface area contributed by atoms with Gasteiger partial charge >= 0.3 is 0 Å². The number of nitrogens with one attached hydrogen (secondary N) is 1. The first-order valence-corrected chi connectivity index (χ1v) is 6.79. The molecule has 4 nitrogen and oxygen atoms in total. The quantitative estimate of drug-likeness (QED) is 0.585. The zero-order valence-corrected chi connectivity index (χ0v) is 11.8. The number of amides is 1. The molecule has 1 rings (SSSR count). The molecule has 0 aliphatic heterocycles. The fraction of sp³-hybridized carbons (Fsp3) is 0.438. The molecule has 20 heavy (non-hydrogen) atoms. The van der Waals surface area contributed by atoms with Crippen molar-refractivity contribution < 1.29 is 14.6 Å². The van der Waals surface area contributed by atoms with Gasteiger partial charge in [0, 0.05) is 25.1 Å². The Morgan fingerprint density at radius 1 is 1.35 bits per heavy atom. The lowest BCUT2D eigenvalue weighted by Crippen LogP contribution is -2.27. The van der Waals surface area contributed by atoms with Crippen LogP contribution in [0.2, 0.25) is 0 Å². The second-order valence-electron chi connectivity index (χ2n) is 4.30. The van der Waals surface area contributed by atoms with Crippen molar-refractivity contribution >= 4 is 5.91 Å². The molecular weight excluding hydrogens is 254 g/mol. The number of hydrogen-bond donors (Lipinski definition) is 2. The number of hydrogen-bond acceptors (Lipinski definition) is 3. The Hall–Kier alpha value is -1.83. The molecule has 108 valence electrons. The monoisotopic (exact) mass is 275 g/mol. The van der Waals surface area contributed by atoms with Gasteiger partial charge in [0.15, 0.2) is 0 Å². The summed E-state index contributed by atoms with van der Waals surface area (Å²) in [6, 6.07) is 7.66. The Bertz CT molecular complexity index is 457. The first-order chi connectivity index (χ1) is 9.76. The van der Waals surface area contributed by atoms with E-state index in [4.69, 9.17) is 9.84 Å². The van der Waals surface area contributed by atoms with Crippen LogP contribution in [-0.2, 0) is 16.1 Å². The van der Waals surface area contributed by atoms with Gasteiger partial charge in [-0.1, -0.05) is 30.9 Å². The van der Waals surface area contributed by atoms with Crippen molar-refractivity contribution in [3.05, 3.63) is 35.4 Å². The summed E-state index contributed by atoms with van der Waals surface area (Å²) in [6.07, 6.45) is 1.39. The molecule has 0 aliphatic carbocycles. The van der Waals surface area contributed by atoms with Gasteiger partial charge in [-0.3, -0.25) is 4.79 Å². The fourth-order valence-corrected chi connectivity index (χ4v) is 1.49. The van der Waals surface area contributed by atoms with Crippen molar-refractivity contribution in [2.24, 2.45) is 0 Å². The molecule has 0 saturated carbocycles. The number of aliphatic hydroxyl groups excluding tert-OH is 1. The van der Waals surface area contributed by atoms with Gasteiger partial charge in [-0.25, -0.2) is 0 Å². The summed E-state index contributed by atoms with van der Waals surface area (Å²) in [5, 5.41) is 11.4. The predicted octanol–water partition coefficient (Wildman–Crippen LogP) is 1.46. The summed E-state index contributed by atoms with van der Waals surface area (Å²) in [7, 11) is 0. The number of aliphatic hydroxyl groups is 1. The summed E-state index contributed by atoms with van der Waals surface area (Å²) in [5.41, 5.74) is 1.92. The van der Waals surface area contributed by atoms with E-state index in [2.05, 4.69) is 17.2 Å². The molecular formula is C16H21NO3. The highest BCUT2D eigenvalue weighted by Crippen LogP contribution is 2.03. The molecule has 1 aromatic carbocycles. The largest absolute Gasteiger partial charge is 0.395 e. The van der Waals surface area contributed by atoms with Gasteiger partial charge in [0.05, 0.1) is 6.61 Å². The summed E-state index contributed by atoms with van der Waals surface area (Å²) >= 11 is 0.